The van der Waals surface area contributed by atoms with Crippen LogP contribution in [0.1, 0.15) is 26.3 Å². The van der Waals surface area contributed by atoms with Crippen molar-refractivity contribution in [2.24, 2.45) is 5.73 Å². The average molecular weight is 538 g/mol. The summed E-state index contributed by atoms with van der Waals surface area (Å²) in [6.45, 7) is 4.27. The Kier molecular flexibility index (Phi) is 8.12. The van der Waals surface area contributed by atoms with E-state index < -0.39 is 5.91 Å². The molecule has 11 nitrogen and oxygen atoms in total. The number of anilines is 5. The van der Waals surface area contributed by atoms with Gasteiger partial charge in [-0.1, -0.05) is 30.3 Å². The predicted molar refractivity (Wildman–Crippen MR) is 155 cm³/mol. The van der Waals surface area contributed by atoms with Crippen LogP contribution in [0.2, 0.25) is 0 Å². The van der Waals surface area contributed by atoms with E-state index in [0.717, 1.165) is 37.6 Å². The first kappa shape index (κ1) is 26.6. The average Bonchev–Trinajstić information content (AvgIpc) is 2.98. The number of pyridine rings is 1. The fraction of sp³-hybridized carbons (Fsp3) is 0.207. The molecule has 2 aromatic carbocycles. The van der Waals surface area contributed by atoms with E-state index in [1.165, 1.54) is 6.20 Å². The molecule has 0 saturated carbocycles. The number of benzene rings is 2. The van der Waals surface area contributed by atoms with Crippen molar-refractivity contribution in [3.63, 3.8) is 0 Å². The Morgan fingerprint density at radius 3 is 2.25 bits per heavy atom. The second-order valence-electron chi connectivity index (χ2n) is 9.51. The van der Waals surface area contributed by atoms with E-state index in [-0.39, 0.29) is 23.2 Å². The normalized spacial score (nSPS) is 13.5. The first-order valence-electron chi connectivity index (χ1n) is 13.0. The molecule has 40 heavy (non-hydrogen) atoms. The number of hydrogen-bond donors (Lipinski definition) is 4. The summed E-state index contributed by atoms with van der Waals surface area (Å²) in [5, 5.41) is 9.15. The van der Waals surface area contributed by atoms with Crippen LogP contribution >= 0.6 is 0 Å². The minimum absolute atomic E-state index is 0.152. The highest BCUT2D eigenvalue weighted by atomic mass is 16.2. The lowest BCUT2D eigenvalue weighted by Gasteiger charge is -2.33. The van der Waals surface area contributed by atoms with E-state index in [2.05, 4.69) is 47.7 Å². The molecule has 5 N–H and O–H groups in total. The van der Waals surface area contributed by atoms with Crippen molar-refractivity contribution >= 4 is 40.8 Å². The summed E-state index contributed by atoms with van der Waals surface area (Å²) in [5.74, 6) is 0.598. The summed E-state index contributed by atoms with van der Waals surface area (Å²) in [4.78, 5) is 42.4. The van der Waals surface area contributed by atoms with Crippen molar-refractivity contribution < 1.29 is 9.59 Å². The lowest BCUT2D eigenvalue weighted by molar-refractivity contribution is 0.0949. The molecule has 0 spiro atoms. The highest BCUT2D eigenvalue weighted by molar-refractivity contribution is 5.98. The first-order chi connectivity index (χ1) is 19.4. The van der Waals surface area contributed by atoms with E-state index in [4.69, 9.17) is 5.73 Å². The number of nitrogens with zero attached hydrogens (tertiary/aromatic N) is 5. The van der Waals surface area contributed by atoms with Crippen molar-refractivity contribution in [1.82, 2.24) is 25.2 Å². The van der Waals surface area contributed by atoms with Gasteiger partial charge in [-0.05, 0) is 49.0 Å². The number of nitrogens with two attached hydrogens (primary N) is 1. The van der Waals surface area contributed by atoms with Crippen LogP contribution in [0.15, 0.2) is 79.1 Å². The Labute approximate surface area is 232 Å². The van der Waals surface area contributed by atoms with Crippen LogP contribution in [0.5, 0.6) is 0 Å². The maximum Gasteiger partial charge on any atom is 0.254 e. The molecule has 1 aliphatic heterocycles. The highest BCUT2D eigenvalue weighted by Crippen LogP contribution is 2.23. The molecule has 4 aromatic rings. The Hall–Kier alpha value is -5.03. The Bertz CT molecular complexity index is 1450. The molecule has 0 bridgehead atoms. The molecule has 11 heteroatoms. The van der Waals surface area contributed by atoms with Gasteiger partial charge in [0.1, 0.15) is 17.2 Å². The molecular formula is C29H31N9O2. The summed E-state index contributed by atoms with van der Waals surface area (Å²) in [7, 11) is 2.11. The van der Waals surface area contributed by atoms with Crippen LogP contribution in [-0.4, -0.2) is 64.9 Å². The molecule has 1 aliphatic rings. The fourth-order valence-electron chi connectivity index (χ4n) is 4.25. The van der Waals surface area contributed by atoms with E-state index >= 15 is 0 Å². The van der Waals surface area contributed by atoms with Crippen molar-refractivity contribution in [2.75, 3.05) is 48.8 Å². The van der Waals surface area contributed by atoms with E-state index in [0.29, 0.717) is 23.5 Å². The lowest BCUT2D eigenvalue weighted by Crippen LogP contribution is -2.44. The van der Waals surface area contributed by atoms with E-state index in [1.807, 2.05) is 42.5 Å². The van der Waals surface area contributed by atoms with Gasteiger partial charge < -0.3 is 31.5 Å². The highest BCUT2D eigenvalue weighted by Gasteiger charge is 2.16. The van der Waals surface area contributed by atoms with Gasteiger partial charge in [0.25, 0.3) is 11.8 Å². The summed E-state index contributed by atoms with van der Waals surface area (Å²) >= 11 is 0. The number of rotatable bonds is 9. The van der Waals surface area contributed by atoms with Gasteiger partial charge in [-0.15, -0.1) is 0 Å². The van der Waals surface area contributed by atoms with Crippen LogP contribution in [0.4, 0.5) is 29.0 Å². The van der Waals surface area contributed by atoms with Crippen molar-refractivity contribution in [3.8, 4) is 0 Å². The van der Waals surface area contributed by atoms with Crippen molar-refractivity contribution in [1.29, 1.82) is 0 Å². The van der Waals surface area contributed by atoms with Gasteiger partial charge in [0.15, 0.2) is 0 Å². The number of piperazine rings is 1. The van der Waals surface area contributed by atoms with Crippen LogP contribution < -0.4 is 26.6 Å². The van der Waals surface area contributed by atoms with Gasteiger partial charge in [-0.3, -0.25) is 9.59 Å². The summed E-state index contributed by atoms with van der Waals surface area (Å²) in [6.07, 6.45) is 3.08. The van der Waals surface area contributed by atoms with Gasteiger partial charge in [0.05, 0.1) is 11.9 Å². The molecule has 2 aromatic heterocycles. The summed E-state index contributed by atoms with van der Waals surface area (Å²) in [6, 6.07) is 20.5. The molecule has 204 valence electrons. The zero-order valence-corrected chi connectivity index (χ0v) is 22.2. The van der Waals surface area contributed by atoms with Gasteiger partial charge in [0, 0.05) is 50.2 Å². The monoisotopic (exact) mass is 537 g/mol. The third kappa shape index (κ3) is 6.69. The first-order valence-corrected chi connectivity index (χ1v) is 13.0. The van der Waals surface area contributed by atoms with E-state index in [9.17, 15) is 9.59 Å². The van der Waals surface area contributed by atoms with Crippen molar-refractivity contribution in [2.45, 2.75) is 6.54 Å². The van der Waals surface area contributed by atoms with Gasteiger partial charge in [-0.2, -0.15) is 4.98 Å². The molecule has 1 fully saturated rings. The number of carbonyl (C=O) groups excluding carboxylic acids is 2. The van der Waals surface area contributed by atoms with Crippen LogP contribution in [0.25, 0.3) is 0 Å². The fourth-order valence-corrected chi connectivity index (χ4v) is 4.25. The molecule has 3 heterocycles. The number of primary amides is 1. The Balaban J connectivity index is 1.24. The minimum atomic E-state index is -0.651. The molecular weight excluding hydrogens is 506 g/mol. The van der Waals surface area contributed by atoms with Gasteiger partial charge in [0.2, 0.25) is 5.95 Å². The second-order valence-corrected chi connectivity index (χ2v) is 9.51. The smallest absolute Gasteiger partial charge is 0.254 e. The number of aromatic nitrogens is 3. The van der Waals surface area contributed by atoms with Gasteiger partial charge >= 0.3 is 0 Å². The summed E-state index contributed by atoms with van der Waals surface area (Å²) < 4.78 is 0. The Morgan fingerprint density at radius 2 is 1.57 bits per heavy atom. The van der Waals surface area contributed by atoms with Crippen molar-refractivity contribution in [3.05, 3.63) is 95.8 Å². The number of hydrogen-bond acceptors (Lipinski definition) is 9. The molecule has 0 aliphatic carbocycles. The van der Waals surface area contributed by atoms with E-state index in [1.54, 1.807) is 30.5 Å². The SMILES string of the molecule is CN1CCN(c2ccc(Nc3nc(Nc4ccc(C(=O)NCc5ccccc5)cc4)ncc3C(N)=O)cn2)CC1. The van der Waals surface area contributed by atoms with Gasteiger partial charge in [-0.25, -0.2) is 9.97 Å². The zero-order chi connectivity index (χ0) is 27.9. The number of nitrogens with one attached hydrogen (secondary N) is 3. The zero-order valence-electron chi connectivity index (χ0n) is 22.2. The quantitative estimate of drug-likeness (QED) is 0.253. The Morgan fingerprint density at radius 1 is 0.850 bits per heavy atom. The molecule has 1 saturated heterocycles. The molecule has 5 rings (SSSR count). The minimum Gasteiger partial charge on any atom is -0.365 e. The molecule has 0 atom stereocenters. The molecule has 0 radical (unpaired) electrons. The maximum absolute atomic E-state index is 12.5. The third-order valence-corrected chi connectivity index (χ3v) is 6.59. The van der Waals surface area contributed by atoms with Crippen LogP contribution in [-0.2, 0) is 6.54 Å². The number of amides is 2. The van der Waals surface area contributed by atoms with Crippen LogP contribution in [0, 0.1) is 0 Å². The second kappa shape index (κ2) is 12.2. The predicted octanol–water partition coefficient (Wildman–Crippen LogP) is 3.14. The number of likely N-dealkylation sites (N-methyl/N-ethyl adjacent to an activating group) is 1. The lowest BCUT2D eigenvalue weighted by atomic mass is 10.2. The standard InChI is InChI=1S/C29H31N9O2/c1-37-13-15-38(16-14-37)25-12-11-23(18-31-25)34-27-24(26(30)39)19-33-29(36-27)35-22-9-7-21(8-10-22)28(40)32-17-20-5-3-2-4-6-20/h2-12,18-19H,13-17H2,1H3,(H2,30,39)(H,32,40)(H2,33,34,35,36). The molecule has 2 amide bonds. The maximum atomic E-state index is 12.5. The number of carbonyl (C=O) groups is 2. The van der Waals surface area contributed by atoms with Crippen LogP contribution in [0.3, 0.4) is 0 Å². The topological polar surface area (TPSA) is 141 Å². The molecule has 0 unspecified atom stereocenters. The third-order valence-electron chi connectivity index (χ3n) is 6.59. The summed E-state index contributed by atoms with van der Waals surface area (Å²) in [5.41, 5.74) is 8.61. The largest absolute Gasteiger partial charge is 0.365 e.